The van der Waals surface area contributed by atoms with E-state index in [1.54, 1.807) is 0 Å². The van der Waals surface area contributed by atoms with Gasteiger partial charge in [-0.3, -0.25) is 4.79 Å². The van der Waals surface area contributed by atoms with Gasteiger partial charge in [-0.15, -0.1) is 21.5 Å². The minimum atomic E-state index is -0.385. The van der Waals surface area contributed by atoms with Crippen molar-refractivity contribution in [2.45, 2.75) is 57.7 Å². The molecule has 7 nitrogen and oxygen atoms in total. The Hall–Kier alpha value is -2.65. The first-order valence-electron chi connectivity index (χ1n) is 11.6. The molecule has 1 aliphatic carbocycles. The number of carbonyl (C=O) groups excluding carboxylic acids is 2. The van der Waals surface area contributed by atoms with Crippen molar-refractivity contribution in [1.29, 1.82) is 0 Å². The molecule has 0 radical (unpaired) electrons. The number of esters is 1. The van der Waals surface area contributed by atoms with Crippen LogP contribution in [-0.4, -0.2) is 39.5 Å². The Labute approximate surface area is 208 Å². The highest BCUT2D eigenvalue weighted by Gasteiger charge is 2.29. The van der Waals surface area contributed by atoms with Crippen LogP contribution in [0, 0.1) is 5.92 Å². The molecule has 180 valence electrons. The van der Waals surface area contributed by atoms with Gasteiger partial charge in [0, 0.05) is 17.8 Å². The minimum absolute atomic E-state index is 0.168. The van der Waals surface area contributed by atoms with E-state index < -0.39 is 0 Å². The van der Waals surface area contributed by atoms with Gasteiger partial charge in [-0.1, -0.05) is 49.0 Å². The molecule has 1 unspecified atom stereocenters. The fourth-order valence-corrected chi connectivity index (χ4v) is 6.52. The summed E-state index contributed by atoms with van der Waals surface area (Å²) in [5.41, 5.74) is 2.82. The smallest absolute Gasteiger partial charge is 0.341 e. The molecular formula is C25H30N4O3S2. The summed E-state index contributed by atoms with van der Waals surface area (Å²) in [5.74, 6) is 1.13. The molecule has 2 heterocycles. The first kappa shape index (κ1) is 24.5. The van der Waals surface area contributed by atoms with Gasteiger partial charge in [0.1, 0.15) is 10.8 Å². The Morgan fingerprint density at radius 3 is 2.76 bits per heavy atom. The Bertz CT molecular complexity index is 1160. The molecule has 0 aliphatic heterocycles. The van der Waals surface area contributed by atoms with Gasteiger partial charge in [0.25, 0.3) is 0 Å². The van der Waals surface area contributed by atoms with Crippen molar-refractivity contribution in [3.05, 3.63) is 57.7 Å². The van der Waals surface area contributed by atoms with E-state index >= 15 is 0 Å². The first-order chi connectivity index (χ1) is 16.5. The van der Waals surface area contributed by atoms with Gasteiger partial charge >= 0.3 is 5.97 Å². The Balaban J connectivity index is 1.41. The van der Waals surface area contributed by atoms with Crippen LogP contribution in [0.3, 0.4) is 0 Å². The number of aryl methyl sites for hydroxylation is 2. The zero-order valence-corrected chi connectivity index (χ0v) is 21.4. The molecule has 3 aromatic rings. The predicted octanol–water partition coefficient (Wildman–Crippen LogP) is 4.79. The number of thiophene rings is 1. The van der Waals surface area contributed by atoms with Gasteiger partial charge in [-0.05, 0) is 49.7 Å². The van der Waals surface area contributed by atoms with Crippen LogP contribution in [0.1, 0.15) is 52.5 Å². The molecule has 1 amide bonds. The second-order valence-electron chi connectivity index (χ2n) is 8.51. The molecule has 1 atom stereocenters. The van der Waals surface area contributed by atoms with E-state index in [0.29, 0.717) is 16.5 Å². The summed E-state index contributed by atoms with van der Waals surface area (Å²) in [7, 11) is 1.38. The normalized spacial score (nSPS) is 15.1. The highest BCUT2D eigenvalue weighted by molar-refractivity contribution is 7.99. The van der Waals surface area contributed by atoms with Crippen molar-refractivity contribution >= 4 is 40.0 Å². The summed E-state index contributed by atoms with van der Waals surface area (Å²) in [4.78, 5) is 26.5. The highest BCUT2D eigenvalue weighted by atomic mass is 32.2. The van der Waals surface area contributed by atoms with Gasteiger partial charge in [-0.25, -0.2) is 4.79 Å². The lowest BCUT2D eigenvalue weighted by Crippen LogP contribution is -2.17. The maximum Gasteiger partial charge on any atom is 0.341 e. The second kappa shape index (κ2) is 11.2. The van der Waals surface area contributed by atoms with E-state index in [1.807, 2.05) is 18.2 Å². The van der Waals surface area contributed by atoms with Gasteiger partial charge in [0.15, 0.2) is 5.16 Å². The Kier molecular flexibility index (Phi) is 8.05. The quantitative estimate of drug-likeness (QED) is 0.337. The molecule has 0 spiro atoms. The molecule has 1 aliphatic rings. The number of hydrogen-bond acceptors (Lipinski definition) is 7. The average Bonchev–Trinajstić information content (AvgIpc) is 3.41. The number of rotatable bonds is 9. The van der Waals surface area contributed by atoms with Crippen LogP contribution in [0.4, 0.5) is 5.00 Å². The van der Waals surface area contributed by atoms with Gasteiger partial charge in [0.05, 0.1) is 18.4 Å². The van der Waals surface area contributed by atoms with Crippen molar-refractivity contribution in [2.75, 3.05) is 18.2 Å². The van der Waals surface area contributed by atoms with Crippen molar-refractivity contribution in [3.8, 4) is 0 Å². The number of thioether (sulfide) groups is 1. The molecule has 0 saturated heterocycles. The average molecular weight is 499 g/mol. The lowest BCUT2D eigenvalue weighted by atomic mass is 9.88. The number of anilines is 1. The lowest BCUT2D eigenvalue weighted by molar-refractivity contribution is -0.113. The highest BCUT2D eigenvalue weighted by Crippen LogP contribution is 2.40. The number of methoxy groups -OCH3 is 1. The largest absolute Gasteiger partial charge is 0.465 e. The minimum Gasteiger partial charge on any atom is -0.465 e. The third-order valence-corrected chi connectivity index (χ3v) is 8.21. The maximum atomic E-state index is 12.8. The predicted molar refractivity (Wildman–Crippen MR) is 136 cm³/mol. The molecule has 2 aromatic heterocycles. The summed E-state index contributed by atoms with van der Waals surface area (Å²) in [6, 6.07) is 10.3. The van der Waals surface area contributed by atoms with Crippen LogP contribution in [0.15, 0.2) is 35.5 Å². The van der Waals surface area contributed by atoms with Crippen molar-refractivity contribution in [2.24, 2.45) is 5.92 Å². The third-order valence-electron chi connectivity index (χ3n) is 6.08. The van der Waals surface area contributed by atoms with Gasteiger partial charge < -0.3 is 14.6 Å². The second-order valence-corrected chi connectivity index (χ2v) is 10.6. The number of carbonyl (C=O) groups is 2. The Morgan fingerprint density at radius 1 is 1.24 bits per heavy atom. The van der Waals surface area contributed by atoms with E-state index in [4.69, 9.17) is 4.74 Å². The number of nitrogens with one attached hydrogen (secondary N) is 1. The molecular weight excluding hydrogens is 468 g/mol. The summed E-state index contributed by atoms with van der Waals surface area (Å²) < 4.78 is 7.08. The SMILES string of the molecule is CCn1c(CCc2ccccc2)nnc1SCC(=O)Nc1sc2c(c1C(=O)OC)CCC(C)C2. The lowest BCUT2D eigenvalue weighted by Gasteiger charge is -2.18. The van der Waals surface area contributed by atoms with Crippen LogP contribution in [-0.2, 0) is 41.8 Å². The topological polar surface area (TPSA) is 86.1 Å². The molecule has 1 N–H and O–H groups in total. The van der Waals surface area contributed by atoms with Gasteiger partial charge in [-0.2, -0.15) is 0 Å². The maximum absolute atomic E-state index is 12.8. The van der Waals surface area contributed by atoms with Crippen LogP contribution in [0.5, 0.6) is 0 Å². The molecule has 0 saturated carbocycles. The molecule has 34 heavy (non-hydrogen) atoms. The number of amides is 1. The van der Waals surface area contributed by atoms with Crippen molar-refractivity contribution in [3.63, 3.8) is 0 Å². The number of hydrogen-bond donors (Lipinski definition) is 1. The number of nitrogens with zero attached hydrogens (tertiary/aromatic N) is 3. The summed E-state index contributed by atoms with van der Waals surface area (Å²) in [5, 5.41) is 13.0. The van der Waals surface area contributed by atoms with Crippen molar-refractivity contribution in [1.82, 2.24) is 14.8 Å². The van der Waals surface area contributed by atoms with Crippen LogP contribution < -0.4 is 5.32 Å². The van der Waals surface area contributed by atoms with Crippen molar-refractivity contribution < 1.29 is 14.3 Å². The van der Waals surface area contributed by atoms with E-state index in [2.05, 4.69) is 46.1 Å². The number of benzene rings is 1. The molecule has 9 heteroatoms. The van der Waals surface area contributed by atoms with E-state index in [1.165, 1.54) is 40.6 Å². The fraction of sp³-hybridized carbons (Fsp3) is 0.440. The van der Waals surface area contributed by atoms with Gasteiger partial charge in [0.2, 0.25) is 5.91 Å². The van der Waals surface area contributed by atoms with Crippen LogP contribution >= 0.6 is 23.1 Å². The molecule has 0 fully saturated rings. The molecule has 1 aromatic carbocycles. The summed E-state index contributed by atoms with van der Waals surface area (Å²) >= 11 is 2.86. The monoisotopic (exact) mass is 498 g/mol. The fourth-order valence-electron chi connectivity index (χ4n) is 4.28. The summed E-state index contributed by atoms with van der Waals surface area (Å²) in [6.45, 7) is 5.01. The number of aromatic nitrogens is 3. The number of fused-ring (bicyclic) bond motifs is 1. The third kappa shape index (κ3) is 5.52. The van der Waals surface area contributed by atoms with E-state index in [0.717, 1.165) is 55.2 Å². The van der Waals surface area contributed by atoms with E-state index in [9.17, 15) is 9.59 Å². The number of ether oxygens (including phenoxy) is 1. The van der Waals surface area contributed by atoms with Crippen LogP contribution in [0.2, 0.25) is 0 Å². The molecule has 4 rings (SSSR count). The standard InChI is InChI=1S/C25H30N4O3S2/c1-4-29-20(13-11-17-8-6-5-7-9-17)27-28-25(29)33-15-21(30)26-23-22(24(31)32-3)18-12-10-16(2)14-19(18)34-23/h5-9,16H,4,10-15H2,1-3H3,(H,26,30). The van der Waals surface area contributed by atoms with Crippen LogP contribution in [0.25, 0.3) is 0 Å². The zero-order chi connectivity index (χ0) is 24.1. The molecule has 0 bridgehead atoms. The zero-order valence-electron chi connectivity index (χ0n) is 19.8. The van der Waals surface area contributed by atoms with E-state index in [-0.39, 0.29) is 17.6 Å². The Morgan fingerprint density at radius 2 is 2.03 bits per heavy atom. The first-order valence-corrected chi connectivity index (χ1v) is 13.4. The summed E-state index contributed by atoms with van der Waals surface area (Å²) in [6.07, 6.45) is 4.49.